The van der Waals surface area contributed by atoms with Gasteiger partial charge in [-0.05, 0) is 13.3 Å². The molecule has 0 fully saturated rings. The summed E-state index contributed by atoms with van der Waals surface area (Å²) in [6.45, 7) is 3.38. The lowest BCUT2D eigenvalue weighted by atomic mass is 9.84. The first-order chi connectivity index (χ1) is 5.99. The highest BCUT2D eigenvalue weighted by Crippen LogP contribution is 2.30. The molecule has 4 heteroatoms. The normalized spacial score (nSPS) is 27.8. The van der Waals surface area contributed by atoms with E-state index in [2.05, 4.69) is 0 Å². The van der Waals surface area contributed by atoms with E-state index in [4.69, 9.17) is 9.84 Å². The van der Waals surface area contributed by atoms with Crippen molar-refractivity contribution in [3.63, 3.8) is 0 Å². The summed E-state index contributed by atoms with van der Waals surface area (Å²) in [5, 5.41) is 8.69. The molecule has 0 saturated heterocycles. The van der Waals surface area contributed by atoms with Gasteiger partial charge >= 0.3 is 11.9 Å². The Morgan fingerprint density at radius 3 is 2.85 bits per heavy atom. The van der Waals surface area contributed by atoms with Gasteiger partial charge in [-0.2, -0.15) is 0 Å². The van der Waals surface area contributed by atoms with Gasteiger partial charge in [-0.3, -0.25) is 4.79 Å². The largest absolute Gasteiger partial charge is 0.478 e. The number of carbonyl (C=O) groups excluding carboxylic acids is 1. The minimum atomic E-state index is -1.02. The molecule has 1 aliphatic rings. The summed E-state index contributed by atoms with van der Waals surface area (Å²) in [5.74, 6) is -1.37. The van der Waals surface area contributed by atoms with E-state index in [-0.39, 0.29) is 18.1 Å². The summed E-state index contributed by atoms with van der Waals surface area (Å²) in [7, 11) is 0. The third-order valence-electron chi connectivity index (χ3n) is 2.33. The van der Waals surface area contributed by atoms with Crippen molar-refractivity contribution in [3.8, 4) is 0 Å². The number of ether oxygens (including phenoxy) is 1. The maximum absolute atomic E-state index is 11.3. The van der Waals surface area contributed by atoms with Gasteiger partial charge in [-0.15, -0.1) is 0 Å². The van der Waals surface area contributed by atoms with Crippen LogP contribution in [-0.4, -0.2) is 23.7 Å². The second kappa shape index (κ2) is 3.20. The Balaban J connectivity index is 3.00. The van der Waals surface area contributed by atoms with Crippen LogP contribution in [0.15, 0.2) is 11.6 Å². The van der Waals surface area contributed by atoms with Gasteiger partial charge < -0.3 is 9.84 Å². The summed E-state index contributed by atoms with van der Waals surface area (Å²) in [4.78, 5) is 21.9. The van der Waals surface area contributed by atoms with E-state index in [9.17, 15) is 9.59 Å². The number of esters is 1. The highest BCUT2D eigenvalue weighted by atomic mass is 16.5. The fourth-order valence-corrected chi connectivity index (χ4v) is 1.16. The van der Waals surface area contributed by atoms with Crippen molar-refractivity contribution < 1.29 is 19.4 Å². The zero-order chi connectivity index (χ0) is 10.1. The molecule has 0 aromatic rings. The van der Waals surface area contributed by atoms with Crippen LogP contribution in [0.5, 0.6) is 0 Å². The van der Waals surface area contributed by atoms with Crippen LogP contribution >= 0.6 is 0 Å². The van der Waals surface area contributed by atoms with E-state index in [1.165, 1.54) is 6.08 Å². The maximum Gasteiger partial charge on any atom is 0.334 e. The Kier molecular flexibility index (Phi) is 2.40. The van der Waals surface area contributed by atoms with Crippen molar-refractivity contribution in [1.29, 1.82) is 0 Å². The topological polar surface area (TPSA) is 63.6 Å². The van der Waals surface area contributed by atoms with Crippen molar-refractivity contribution in [2.75, 3.05) is 6.61 Å². The predicted molar refractivity (Wildman–Crippen MR) is 45.1 cm³/mol. The molecule has 0 radical (unpaired) electrons. The average molecular weight is 184 g/mol. The number of carbonyl (C=O) groups is 2. The van der Waals surface area contributed by atoms with Crippen LogP contribution in [0, 0.1) is 5.41 Å². The molecule has 1 atom stereocenters. The Bertz CT molecular complexity index is 279. The quantitative estimate of drug-likeness (QED) is 0.649. The van der Waals surface area contributed by atoms with E-state index in [1.54, 1.807) is 6.92 Å². The standard InChI is InChI=1S/C9H12O4/c1-3-9(2)4-6(7(10)11)5-13-8(9)12/h4H,3,5H2,1-2H3,(H,10,11). The first-order valence-corrected chi connectivity index (χ1v) is 4.12. The van der Waals surface area contributed by atoms with Gasteiger partial charge in [-0.1, -0.05) is 13.0 Å². The van der Waals surface area contributed by atoms with E-state index in [1.807, 2.05) is 6.92 Å². The Morgan fingerprint density at radius 1 is 1.77 bits per heavy atom. The minimum Gasteiger partial charge on any atom is -0.478 e. The molecule has 13 heavy (non-hydrogen) atoms. The molecule has 0 aromatic carbocycles. The molecule has 0 spiro atoms. The summed E-state index contributed by atoms with van der Waals surface area (Å²) in [6, 6.07) is 0. The number of hydrogen-bond donors (Lipinski definition) is 1. The highest BCUT2D eigenvalue weighted by molar-refractivity contribution is 5.91. The summed E-state index contributed by atoms with van der Waals surface area (Å²) in [6.07, 6.45) is 2.03. The number of rotatable bonds is 2. The van der Waals surface area contributed by atoms with Gasteiger partial charge in [0.15, 0.2) is 0 Å². The van der Waals surface area contributed by atoms with Gasteiger partial charge in [0.25, 0.3) is 0 Å². The van der Waals surface area contributed by atoms with Crippen LogP contribution in [0.1, 0.15) is 20.3 Å². The monoisotopic (exact) mass is 184 g/mol. The van der Waals surface area contributed by atoms with Crippen molar-refractivity contribution in [2.24, 2.45) is 5.41 Å². The first kappa shape index (κ1) is 9.77. The Hall–Kier alpha value is -1.32. The van der Waals surface area contributed by atoms with Crippen molar-refractivity contribution in [3.05, 3.63) is 11.6 Å². The van der Waals surface area contributed by atoms with E-state index in [0.29, 0.717) is 6.42 Å². The lowest BCUT2D eigenvalue weighted by molar-refractivity contribution is -0.153. The zero-order valence-corrected chi connectivity index (χ0v) is 7.66. The molecule has 1 rings (SSSR count). The van der Waals surface area contributed by atoms with Crippen LogP contribution in [0.3, 0.4) is 0 Å². The number of hydrogen-bond acceptors (Lipinski definition) is 3. The molecule has 1 heterocycles. The third-order valence-corrected chi connectivity index (χ3v) is 2.33. The van der Waals surface area contributed by atoms with Gasteiger partial charge in [0.2, 0.25) is 0 Å². The SMILES string of the molecule is CCC1(C)C=C(C(=O)O)COC1=O. The molecule has 0 saturated carbocycles. The third kappa shape index (κ3) is 1.71. The number of carboxylic acids is 1. The molecule has 0 aromatic heterocycles. The first-order valence-electron chi connectivity index (χ1n) is 4.12. The highest BCUT2D eigenvalue weighted by Gasteiger charge is 2.36. The van der Waals surface area contributed by atoms with Crippen LogP contribution in [0.2, 0.25) is 0 Å². The predicted octanol–water partition coefficient (Wildman–Crippen LogP) is 0.971. The molecular formula is C9H12O4. The second-order valence-electron chi connectivity index (χ2n) is 3.32. The van der Waals surface area contributed by atoms with Crippen molar-refractivity contribution in [2.45, 2.75) is 20.3 Å². The molecule has 0 aliphatic carbocycles. The lowest BCUT2D eigenvalue weighted by Gasteiger charge is -2.27. The maximum atomic E-state index is 11.3. The number of aliphatic carboxylic acids is 1. The van der Waals surface area contributed by atoms with E-state index < -0.39 is 11.4 Å². The fourth-order valence-electron chi connectivity index (χ4n) is 1.16. The van der Waals surface area contributed by atoms with Crippen molar-refractivity contribution >= 4 is 11.9 Å². The van der Waals surface area contributed by atoms with Gasteiger partial charge in [0.1, 0.15) is 6.61 Å². The lowest BCUT2D eigenvalue weighted by Crippen LogP contribution is -2.33. The molecule has 0 amide bonds. The number of cyclic esters (lactones) is 1. The van der Waals surface area contributed by atoms with Crippen LogP contribution in [0.4, 0.5) is 0 Å². The second-order valence-corrected chi connectivity index (χ2v) is 3.32. The molecular weight excluding hydrogens is 172 g/mol. The minimum absolute atomic E-state index is 0.121. The van der Waals surface area contributed by atoms with Crippen molar-refractivity contribution in [1.82, 2.24) is 0 Å². The summed E-state index contributed by atoms with van der Waals surface area (Å²) < 4.78 is 4.77. The number of carboxylic acid groups (broad SMARTS) is 1. The fraction of sp³-hybridized carbons (Fsp3) is 0.556. The molecule has 1 unspecified atom stereocenters. The molecule has 72 valence electrons. The van der Waals surface area contributed by atoms with E-state index >= 15 is 0 Å². The van der Waals surface area contributed by atoms with Gasteiger partial charge in [0.05, 0.1) is 11.0 Å². The molecule has 1 N–H and O–H groups in total. The molecule has 4 nitrogen and oxygen atoms in total. The van der Waals surface area contributed by atoms with Crippen LogP contribution < -0.4 is 0 Å². The zero-order valence-electron chi connectivity index (χ0n) is 7.66. The van der Waals surface area contributed by atoms with Gasteiger partial charge in [-0.25, -0.2) is 4.79 Å². The molecule has 0 bridgehead atoms. The van der Waals surface area contributed by atoms with E-state index in [0.717, 1.165) is 0 Å². The van der Waals surface area contributed by atoms with Crippen LogP contribution in [0.25, 0.3) is 0 Å². The van der Waals surface area contributed by atoms with Crippen LogP contribution in [-0.2, 0) is 14.3 Å². The summed E-state index contributed by atoms with van der Waals surface area (Å²) in [5.41, 5.74) is -0.615. The average Bonchev–Trinajstić information content (AvgIpc) is 2.09. The Morgan fingerprint density at radius 2 is 2.38 bits per heavy atom. The molecule has 1 aliphatic heterocycles. The smallest absolute Gasteiger partial charge is 0.334 e. The summed E-state index contributed by atoms with van der Waals surface area (Å²) >= 11 is 0. The van der Waals surface area contributed by atoms with Gasteiger partial charge in [0, 0.05) is 0 Å². The Labute approximate surface area is 76.2 Å².